The summed E-state index contributed by atoms with van der Waals surface area (Å²) in [4.78, 5) is 16.7. The second-order valence-corrected chi connectivity index (χ2v) is 7.35. The molecule has 1 fully saturated rings. The molecule has 1 saturated heterocycles. The zero-order valence-corrected chi connectivity index (χ0v) is 16.7. The SMILES string of the molecule is O=C(c1cccc(Br)c1)N1CCN(c2ccc(Oc3ccccc3)nn2)CC1. The number of benzene rings is 2. The molecule has 0 aliphatic carbocycles. The summed E-state index contributed by atoms with van der Waals surface area (Å²) in [5.41, 5.74) is 0.699. The van der Waals surface area contributed by atoms with Crippen LogP contribution in [0.2, 0.25) is 0 Å². The summed E-state index contributed by atoms with van der Waals surface area (Å²) in [5.74, 6) is 2.02. The molecule has 142 valence electrons. The van der Waals surface area contributed by atoms with Crippen LogP contribution in [0.5, 0.6) is 11.6 Å². The Bertz CT molecular complexity index is 942. The molecular weight excluding hydrogens is 420 g/mol. The fraction of sp³-hybridized carbons (Fsp3) is 0.190. The van der Waals surface area contributed by atoms with Crippen molar-refractivity contribution in [2.75, 3.05) is 31.1 Å². The van der Waals surface area contributed by atoms with Crippen LogP contribution in [0.15, 0.2) is 71.2 Å². The average molecular weight is 439 g/mol. The van der Waals surface area contributed by atoms with E-state index in [9.17, 15) is 4.79 Å². The molecule has 3 aromatic rings. The number of hydrogen-bond donors (Lipinski definition) is 0. The van der Waals surface area contributed by atoms with Gasteiger partial charge in [-0.3, -0.25) is 4.79 Å². The predicted octanol–water partition coefficient (Wildman–Crippen LogP) is 3.99. The summed E-state index contributed by atoms with van der Waals surface area (Å²) >= 11 is 3.42. The summed E-state index contributed by atoms with van der Waals surface area (Å²) in [7, 11) is 0. The maximum Gasteiger partial charge on any atom is 0.254 e. The summed E-state index contributed by atoms with van der Waals surface area (Å²) < 4.78 is 6.59. The maximum absolute atomic E-state index is 12.7. The third-order valence-corrected chi connectivity index (χ3v) is 5.05. The standard InChI is InChI=1S/C21H19BrN4O2/c22-17-6-4-5-16(15-17)21(27)26-13-11-25(12-14-26)19-9-10-20(24-23-19)28-18-7-2-1-3-8-18/h1-10,15H,11-14H2. The number of carbonyl (C=O) groups is 1. The van der Waals surface area contributed by atoms with Crippen molar-refractivity contribution < 1.29 is 9.53 Å². The zero-order valence-electron chi connectivity index (χ0n) is 15.2. The lowest BCUT2D eigenvalue weighted by molar-refractivity contribution is 0.0746. The molecule has 0 radical (unpaired) electrons. The number of anilines is 1. The van der Waals surface area contributed by atoms with E-state index in [1.165, 1.54) is 0 Å². The van der Waals surface area contributed by atoms with Gasteiger partial charge in [0, 0.05) is 42.3 Å². The van der Waals surface area contributed by atoms with Crippen molar-refractivity contribution in [2.24, 2.45) is 0 Å². The molecule has 0 saturated carbocycles. The van der Waals surface area contributed by atoms with Gasteiger partial charge < -0.3 is 14.5 Å². The first-order valence-electron chi connectivity index (χ1n) is 9.05. The number of ether oxygens (including phenoxy) is 1. The maximum atomic E-state index is 12.7. The molecule has 2 heterocycles. The zero-order chi connectivity index (χ0) is 19.3. The minimum atomic E-state index is 0.0543. The van der Waals surface area contributed by atoms with Gasteiger partial charge in [-0.05, 0) is 36.4 Å². The monoisotopic (exact) mass is 438 g/mol. The van der Waals surface area contributed by atoms with E-state index in [1.54, 1.807) is 0 Å². The van der Waals surface area contributed by atoms with E-state index >= 15 is 0 Å². The number of halogens is 1. The Balaban J connectivity index is 1.35. The van der Waals surface area contributed by atoms with Gasteiger partial charge in [-0.15, -0.1) is 10.2 Å². The molecule has 0 unspecified atom stereocenters. The van der Waals surface area contributed by atoms with Crippen LogP contribution < -0.4 is 9.64 Å². The van der Waals surface area contributed by atoms with Gasteiger partial charge >= 0.3 is 0 Å². The molecule has 28 heavy (non-hydrogen) atoms. The number of rotatable bonds is 4. The first-order chi connectivity index (χ1) is 13.7. The summed E-state index contributed by atoms with van der Waals surface area (Å²) in [6.07, 6.45) is 0. The molecule has 0 atom stereocenters. The highest BCUT2D eigenvalue weighted by Crippen LogP contribution is 2.21. The van der Waals surface area contributed by atoms with Crippen molar-refractivity contribution >= 4 is 27.7 Å². The van der Waals surface area contributed by atoms with E-state index in [-0.39, 0.29) is 5.91 Å². The molecule has 2 aromatic carbocycles. The number of aromatic nitrogens is 2. The third kappa shape index (κ3) is 4.31. The average Bonchev–Trinajstić information content (AvgIpc) is 2.75. The molecule has 7 heteroatoms. The van der Waals surface area contributed by atoms with Gasteiger partial charge in [0.05, 0.1) is 0 Å². The van der Waals surface area contributed by atoms with Crippen LogP contribution in [0.3, 0.4) is 0 Å². The Morgan fingerprint density at radius 1 is 0.893 bits per heavy atom. The smallest absolute Gasteiger partial charge is 0.254 e. The predicted molar refractivity (Wildman–Crippen MR) is 111 cm³/mol. The van der Waals surface area contributed by atoms with Crippen molar-refractivity contribution in [1.82, 2.24) is 15.1 Å². The minimum absolute atomic E-state index is 0.0543. The largest absolute Gasteiger partial charge is 0.438 e. The molecule has 1 amide bonds. The van der Waals surface area contributed by atoms with Crippen molar-refractivity contribution in [2.45, 2.75) is 0 Å². The lowest BCUT2D eigenvalue weighted by Gasteiger charge is -2.35. The molecule has 1 aliphatic rings. The molecule has 0 bridgehead atoms. The number of carbonyl (C=O) groups excluding carboxylic acids is 1. The van der Waals surface area contributed by atoms with Gasteiger partial charge in [0.2, 0.25) is 5.88 Å². The Kier molecular flexibility index (Phi) is 5.53. The fourth-order valence-corrected chi connectivity index (χ4v) is 3.49. The van der Waals surface area contributed by atoms with Gasteiger partial charge in [-0.2, -0.15) is 0 Å². The fourth-order valence-electron chi connectivity index (χ4n) is 3.09. The Labute approximate surface area is 171 Å². The lowest BCUT2D eigenvalue weighted by atomic mass is 10.2. The highest BCUT2D eigenvalue weighted by atomic mass is 79.9. The van der Waals surface area contributed by atoms with E-state index in [1.807, 2.05) is 71.6 Å². The van der Waals surface area contributed by atoms with E-state index in [2.05, 4.69) is 31.0 Å². The molecular formula is C21H19BrN4O2. The second kappa shape index (κ2) is 8.39. The van der Waals surface area contributed by atoms with Crippen LogP contribution in [0.1, 0.15) is 10.4 Å². The molecule has 0 spiro atoms. The van der Waals surface area contributed by atoms with Gasteiger partial charge in [0.25, 0.3) is 5.91 Å². The van der Waals surface area contributed by atoms with Crippen LogP contribution >= 0.6 is 15.9 Å². The van der Waals surface area contributed by atoms with Crippen molar-refractivity contribution in [3.63, 3.8) is 0 Å². The van der Waals surface area contributed by atoms with Gasteiger partial charge in [0.15, 0.2) is 5.82 Å². The van der Waals surface area contributed by atoms with Crippen LogP contribution in [-0.4, -0.2) is 47.2 Å². The van der Waals surface area contributed by atoms with E-state index in [4.69, 9.17) is 4.74 Å². The van der Waals surface area contributed by atoms with Crippen LogP contribution in [0, 0.1) is 0 Å². The molecule has 4 rings (SSSR count). The normalized spacial score (nSPS) is 14.0. The van der Waals surface area contributed by atoms with E-state index in [0.717, 1.165) is 16.0 Å². The summed E-state index contributed by atoms with van der Waals surface area (Å²) in [6.45, 7) is 2.73. The Hall–Kier alpha value is -2.93. The van der Waals surface area contributed by atoms with Crippen molar-refractivity contribution in [3.8, 4) is 11.6 Å². The first-order valence-corrected chi connectivity index (χ1v) is 9.85. The van der Waals surface area contributed by atoms with Gasteiger partial charge in [-0.1, -0.05) is 40.2 Å². The minimum Gasteiger partial charge on any atom is -0.438 e. The number of hydrogen-bond acceptors (Lipinski definition) is 5. The van der Waals surface area contributed by atoms with E-state index in [0.29, 0.717) is 37.6 Å². The second-order valence-electron chi connectivity index (χ2n) is 6.43. The van der Waals surface area contributed by atoms with E-state index < -0.39 is 0 Å². The highest BCUT2D eigenvalue weighted by Gasteiger charge is 2.23. The lowest BCUT2D eigenvalue weighted by Crippen LogP contribution is -2.49. The number of piperazine rings is 1. The molecule has 1 aromatic heterocycles. The Morgan fingerprint density at radius 2 is 1.68 bits per heavy atom. The van der Waals surface area contributed by atoms with Gasteiger partial charge in [-0.25, -0.2) is 0 Å². The van der Waals surface area contributed by atoms with Crippen LogP contribution in [0.25, 0.3) is 0 Å². The van der Waals surface area contributed by atoms with Crippen molar-refractivity contribution in [1.29, 1.82) is 0 Å². The van der Waals surface area contributed by atoms with Crippen LogP contribution in [-0.2, 0) is 0 Å². The topological polar surface area (TPSA) is 58.6 Å². The van der Waals surface area contributed by atoms with Gasteiger partial charge in [0.1, 0.15) is 5.75 Å². The first kappa shape index (κ1) is 18.4. The van der Waals surface area contributed by atoms with Crippen molar-refractivity contribution in [3.05, 3.63) is 76.8 Å². The number of para-hydroxylation sites is 1. The molecule has 6 nitrogen and oxygen atoms in total. The summed E-state index contributed by atoms with van der Waals surface area (Å²) in [6, 6.07) is 20.7. The molecule has 1 aliphatic heterocycles. The highest BCUT2D eigenvalue weighted by molar-refractivity contribution is 9.10. The van der Waals surface area contributed by atoms with Crippen LogP contribution in [0.4, 0.5) is 5.82 Å². The quantitative estimate of drug-likeness (QED) is 0.616. The summed E-state index contributed by atoms with van der Waals surface area (Å²) in [5, 5.41) is 8.44. The third-order valence-electron chi connectivity index (χ3n) is 4.55. The Morgan fingerprint density at radius 3 is 2.36 bits per heavy atom. The number of nitrogens with zero attached hydrogens (tertiary/aromatic N) is 4. The number of amides is 1. The molecule has 0 N–H and O–H groups in total.